The summed E-state index contributed by atoms with van der Waals surface area (Å²) >= 11 is 0. The van der Waals surface area contributed by atoms with Crippen LogP contribution in [0.3, 0.4) is 0 Å². The van der Waals surface area contributed by atoms with Crippen LogP contribution in [0.2, 0.25) is 0 Å². The molecule has 0 aliphatic heterocycles. The highest BCUT2D eigenvalue weighted by Gasteiger charge is 2.10. The lowest BCUT2D eigenvalue weighted by atomic mass is 10.3. The normalized spacial score (nSPS) is 12.0. The van der Waals surface area contributed by atoms with Crippen molar-refractivity contribution < 1.29 is 5.21 Å². The molecule has 0 radical (unpaired) electrons. The fraction of sp³-hybridized carbons (Fsp3) is 0.400. The summed E-state index contributed by atoms with van der Waals surface area (Å²) in [5.74, 6) is 1.61. The van der Waals surface area contributed by atoms with Gasteiger partial charge in [0.1, 0.15) is 18.0 Å². The van der Waals surface area contributed by atoms with Crippen LogP contribution in [0, 0.1) is 6.92 Å². The Bertz CT molecular complexity index is 577. The van der Waals surface area contributed by atoms with Gasteiger partial charge in [-0.1, -0.05) is 5.16 Å². The van der Waals surface area contributed by atoms with Crippen LogP contribution in [-0.2, 0) is 0 Å². The van der Waals surface area contributed by atoms with Crippen LogP contribution in [0.5, 0.6) is 0 Å². The lowest BCUT2D eigenvalue weighted by Crippen LogP contribution is -2.26. The van der Waals surface area contributed by atoms with E-state index in [9.17, 15) is 0 Å². The number of aromatic nitrogens is 4. The van der Waals surface area contributed by atoms with Crippen molar-refractivity contribution in [1.82, 2.24) is 19.6 Å². The Morgan fingerprint density at radius 3 is 3.11 bits per heavy atom. The molecule has 2 aromatic rings. The largest absolute Gasteiger partial charge is 0.409 e. The molecule has 2 rings (SSSR count). The monoisotopic (exact) mass is 249 g/mol. The van der Waals surface area contributed by atoms with Crippen LogP contribution in [-0.4, -0.2) is 44.2 Å². The van der Waals surface area contributed by atoms with Crippen LogP contribution < -0.4 is 10.6 Å². The van der Waals surface area contributed by atoms with Gasteiger partial charge in [-0.25, -0.2) is 4.98 Å². The van der Waals surface area contributed by atoms with E-state index in [1.165, 1.54) is 6.33 Å². The van der Waals surface area contributed by atoms with Crippen molar-refractivity contribution in [3.8, 4) is 0 Å². The molecule has 0 saturated carbocycles. The Balaban J connectivity index is 2.26. The maximum Gasteiger partial charge on any atom is 0.254 e. The lowest BCUT2D eigenvalue weighted by molar-refractivity contribution is 0.317. The quantitative estimate of drug-likeness (QED) is 0.342. The summed E-state index contributed by atoms with van der Waals surface area (Å²) in [7, 11) is 1.90. The molecule has 8 nitrogen and oxygen atoms in total. The number of amidine groups is 1. The number of hydrogen-bond acceptors (Lipinski definition) is 6. The Morgan fingerprint density at radius 2 is 2.39 bits per heavy atom. The summed E-state index contributed by atoms with van der Waals surface area (Å²) in [5, 5.41) is 15.6. The van der Waals surface area contributed by atoms with Crippen molar-refractivity contribution in [1.29, 1.82) is 0 Å². The molecule has 0 aromatic carbocycles. The molecule has 96 valence electrons. The highest BCUT2D eigenvalue weighted by atomic mass is 16.4. The van der Waals surface area contributed by atoms with Crippen molar-refractivity contribution in [2.24, 2.45) is 10.9 Å². The van der Waals surface area contributed by atoms with Gasteiger partial charge in [-0.15, -0.1) is 0 Å². The van der Waals surface area contributed by atoms with Gasteiger partial charge in [0, 0.05) is 31.8 Å². The fourth-order valence-corrected chi connectivity index (χ4v) is 1.63. The topological polar surface area (TPSA) is 105 Å². The summed E-state index contributed by atoms with van der Waals surface area (Å²) in [6, 6.07) is 1.91. The van der Waals surface area contributed by atoms with E-state index in [1.54, 1.807) is 4.52 Å². The second kappa shape index (κ2) is 4.86. The number of hydrogen-bond donors (Lipinski definition) is 2. The van der Waals surface area contributed by atoms with Gasteiger partial charge >= 0.3 is 0 Å². The van der Waals surface area contributed by atoms with Crippen molar-refractivity contribution >= 4 is 17.4 Å². The molecule has 3 N–H and O–H groups in total. The van der Waals surface area contributed by atoms with Crippen molar-refractivity contribution in [2.75, 3.05) is 18.5 Å². The minimum absolute atomic E-state index is 0.197. The average molecular weight is 249 g/mol. The molecular formula is C10H15N7O. The van der Waals surface area contributed by atoms with E-state index in [-0.39, 0.29) is 5.84 Å². The minimum Gasteiger partial charge on any atom is -0.409 e. The predicted octanol–water partition coefficient (Wildman–Crippen LogP) is 0.00542. The van der Waals surface area contributed by atoms with Gasteiger partial charge < -0.3 is 15.8 Å². The first kappa shape index (κ1) is 12.1. The van der Waals surface area contributed by atoms with Crippen LogP contribution in [0.15, 0.2) is 17.5 Å². The maximum absolute atomic E-state index is 8.51. The first-order chi connectivity index (χ1) is 8.61. The Hall–Kier alpha value is -2.38. The maximum atomic E-state index is 8.51. The zero-order valence-electron chi connectivity index (χ0n) is 10.3. The predicted molar refractivity (Wildman–Crippen MR) is 66.8 cm³/mol. The van der Waals surface area contributed by atoms with Gasteiger partial charge in [-0.05, 0) is 6.92 Å². The third-order valence-corrected chi connectivity index (χ3v) is 2.58. The van der Waals surface area contributed by atoms with Gasteiger partial charge in [0.2, 0.25) is 0 Å². The van der Waals surface area contributed by atoms with Crippen molar-refractivity contribution in [3.05, 3.63) is 18.1 Å². The van der Waals surface area contributed by atoms with Crippen LogP contribution in [0.1, 0.15) is 12.1 Å². The second-order valence-electron chi connectivity index (χ2n) is 3.99. The first-order valence-electron chi connectivity index (χ1n) is 5.46. The van der Waals surface area contributed by atoms with Gasteiger partial charge in [-0.2, -0.15) is 14.6 Å². The smallest absolute Gasteiger partial charge is 0.254 e. The van der Waals surface area contributed by atoms with E-state index in [0.717, 1.165) is 11.5 Å². The van der Waals surface area contributed by atoms with Crippen LogP contribution >= 0.6 is 0 Å². The van der Waals surface area contributed by atoms with Crippen molar-refractivity contribution in [3.63, 3.8) is 0 Å². The van der Waals surface area contributed by atoms with E-state index < -0.39 is 0 Å². The average Bonchev–Trinajstić information content (AvgIpc) is 2.82. The van der Waals surface area contributed by atoms with Crippen molar-refractivity contribution in [2.45, 2.75) is 13.3 Å². The number of anilines is 1. The summed E-state index contributed by atoms with van der Waals surface area (Å²) in [4.78, 5) is 10.3. The number of rotatable bonds is 4. The molecule has 0 aliphatic rings. The molecule has 0 atom stereocenters. The highest BCUT2D eigenvalue weighted by molar-refractivity contribution is 5.80. The molecule has 0 aliphatic carbocycles. The zero-order valence-corrected chi connectivity index (χ0v) is 10.3. The molecule has 0 fully saturated rings. The number of nitrogens with zero attached hydrogens (tertiary/aromatic N) is 6. The second-order valence-corrected chi connectivity index (χ2v) is 3.99. The molecule has 0 bridgehead atoms. The minimum atomic E-state index is 0.197. The van der Waals surface area contributed by atoms with E-state index in [2.05, 4.69) is 20.2 Å². The zero-order chi connectivity index (χ0) is 13.1. The summed E-state index contributed by atoms with van der Waals surface area (Å²) in [5.41, 5.74) is 6.31. The number of aryl methyl sites for hydroxylation is 1. The summed E-state index contributed by atoms with van der Waals surface area (Å²) in [6.07, 6.45) is 1.92. The van der Waals surface area contributed by atoms with Gasteiger partial charge in [-0.3, -0.25) is 0 Å². The third-order valence-electron chi connectivity index (χ3n) is 2.58. The van der Waals surface area contributed by atoms with Crippen LogP contribution in [0.4, 0.5) is 5.82 Å². The molecule has 0 unspecified atom stereocenters. The summed E-state index contributed by atoms with van der Waals surface area (Å²) < 4.78 is 1.65. The van der Waals surface area contributed by atoms with E-state index in [1.807, 2.05) is 24.9 Å². The van der Waals surface area contributed by atoms with Gasteiger partial charge in [0.15, 0.2) is 0 Å². The number of oxime groups is 1. The number of nitrogens with two attached hydrogens (primary N) is 1. The molecule has 18 heavy (non-hydrogen) atoms. The Morgan fingerprint density at radius 1 is 1.61 bits per heavy atom. The first-order valence-corrected chi connectivity index (χ1v) is 5.46. The SMILES string of the molecule is Cc1cc(N(C)CC/C(N)=N/O)n2ncnc2n1. The van der Waals surface area contributed by atoms with Gasteiger partial charge in [0.25, 0.3) is 5.78 Å². The molecule has 2 aromatic heterocycles. The standard InChI is InChI=1S/C10H15N7O/c1-7-5-9(16(2)4-3-8(11)15-18)17-10(14-7)12-6-13-17/h5-6,18H,3-4H2,1-2H3,(H2,11,15). The van der Waals surface area contributed by atoms with Crippen LogP contribution in [0.25, 0.3) is 5.78 Å². The molecule has 0 amide bonds. The summed E-state index contributed by atoms with van der Waals surface area (Å²) in [6.45, 7) is 2.50. The Labute approximate surface area is 104 Å². The molecule has 0 saturated heterocycles. The third kappa shape index (κ3) is 2.31. The Kier molecular flexibility index (Phi) is 3.26. The van der Waals surface area contributed by atoms with Gasteiger partial charge in [0.05, 0.1) is 0 Å². The molecule has 2 heterocycles. The lowest BCUT2D eigenvalue weighted by Gasteiger charge is -2.19. The molecule has 8 heteroatoms. The van der Waals surface area contributed by atoms with E-state index in [4.69, 9.17) is 10.9 Å². The van der Waals surface area contributed by atoms with E-state index >= 15 is 0 Å². The molecular weight excluding hydrogens is 234 g/mol. The number of fused-ring (bicyclic) bond motifs is 1. The van der Waals surface area contributed by atoms with E-state index in [0.29, 0.717) is 18.7 Å². The highest BCUT2D eigenvalue weighted by Crippen LogP contribution is 2.14. The fourth-order valence-electron chi connectivity index (χ4n) is 1.63. The molecule has 0 spiro atoms.